The molecule has 0 atom stereocenters. The molecule has 0 amide bonds. The number of phenols is 1. The number of nitrogens with zero attached hydrogens (tertiary/aromatic N) is 2. The Balaban J connectivity index is 2.23. The van der Waals surface area contributed by atoms with E-state index >= 15 is 0 Å². The van der Waals surface area contributed by atoms with Gasteiger partial charge in [-0.2, -0.15) is 0 Å². The number of likely N-dealkylation sites (N-methyl/N-ethyl adjacent to an activating group) is 1. The second-order valence-corrected chi connectivity index (χ2v) is 3.94. The van der Waals surface area contributed by atoms with E-state index < -0.39 is 0 Å². The molecule has 0 spiro atoms. The first-order valence-corrected chi connectivity index (χ1v) is 4.97. The number of rotatable bonds is 3. The van der Waals surface area contributed by atoms with Gasteiger partial charge in [-0.1, -0.05) is 0 Å². The van der Waals surface area contributed by atoms with Gasteiger partial charge >= 0.3 is 0 Å². The van der Waals surface area contributed by atoms with Crippen LogP contribution in [0.2, 0.25) is 0 Å². The lowest BCUT2D eigenvalue weighted by Crippen LogP contribution is -2.15. The molecule has 0 fully saturated rings. The molecular formula is C11H15N3O. The van der Waals surface area contributed by atoms with E-state index in [1.165, 1.54) is 0 Å². The predicted molar refractivity (Wildman–Crippen MR) is 60.0 cm³/mol. The van der Waals surface area contributed by atoms with E-state index in [0.29, 0.717) is 0 Å². The molecule has 4 heteroatoms. The molecule has 4 nitrogen and oxygen atoms in total. The van der Waals surface area contributed by atoms with Crippen LogP contribution in [0.25, 0.3) is 11.0 Å². The maximum atomic E-state index is 9.30. The van der Waals surface area contributed by atoms with E-state index in [4.69, 9.17) is 0 Å². The Bertz CT molecular complexity index is 462. The van der Waals surface area contributed by atoms with Crippen molar-refractivity contribution in [3.63, 3.8) is 0 Å². The molecule has 2 aromatic rings. The number of aromatic hydroxyl groups is 1. The van der Waals surface area contributed by atoms with E-state index in [-0.39, 0.29) is 5.75 Å². The summed E-state index contributed by atoms with van der Waals surface area (Å²) in [7, 11) is 4.07. The highest BCUT2D eigenvalue weighted by molar-refractivity contribution is 5.76. The van der Waals surface area contributed by atoms with Crippen LogP contribution in [0.3, 0.4) is 0 Å². The molecule has 1 aromatic heterocycles. The maximum Gasteiger partial charge on any atom is 0.117 e. The van der Waals surface area contributed by atoms with Crippen molar-refractivity contribution in [2.45, 2.75) is 6.42 Å². The summed E-state index contributed by atoms with van der Waals surface area (Å²) in [6.45, 7) is 0.964. The lowest BCUT2D eigenvalue weighted by Gasteiger charge is -2.06. The van der Waals surface area contributed by atoms with Crippen molar-refractivity contribution < 1.29 is 5.11 Å². The smallest absolute Gasteiger partial charge is 0.117 e. The van der Waals surface area contributed by atoms with Crippen molar-refractivity contribution in [1.82, 2.24) is 14.9 Å². The Hall–Kier alpha value is -1.55. The second-order valence-electron chi connectivity index (χ2n) is 3.94. The number of benzene rings is 1. The van der Waals surface area contributed by atoms with E-state index in [1.54, 1.807) is 12.1 Å². The maximum absolute atomic E-state index is 9.30. The van der Waals surface area contributed by atoms with E-state index in [1.807, 2.05) is 20.2 Å². The molecule has 1 aromatic carbocycles. The van der Waals surface area contributed by atoms with Crippen molar-refractivity contribution in [3.05, 3.63) is 24.0 Å². The third kappa shape index (κ3) is 2.27. The fourth-order valence-corrected chi connectivity index (χ4v) is 1.50. The minimum atomic E-state index is 0.269. The van der Waals surface area contributed by atoms with Crippen LogP contribution >= 0.6 is 0 Å². The summed E-state index contributed by atoms with van der Waals surface area (Å²) >= 11 is 0. The molecule has 0 saturated heterocycles. The summed E-state index contributed by atoms with van der Waals surface area (Å²) in [5, 5.41) is 9.30. The Kier molecular flexibility index (Phi) is 2.60. The summed E-state index contributed by atoms with van der Waals surface area (Å²) in [5.41, 5.74) is 1.80. The van der Waals surface area contributed by atoms with Crippen molar-refractivity contribution in [2.24, 2.45) is 0 Å². The van der Waals surface area contributed by atoms with Gasteiger partial charge in [-0.25, -0.2) is 4.98 Å². The van der Waals surface area contributed by atoms with Gasteiger partial charge in [0.05, 0.1) is 11.0 Å². The monoisotopic (exact) mass is 205 g/mol. The average molecular weight is 205 g/mol. The normalized spacial score (nSPS) is 11.4. The van der Waals surface area contributed by atoms with Gasteiger partial charge in [0.2, 0.25) is 0 Å². The van der Waals surface area contributed by atoms with Crippen molar-refractivity contribution in [2.75, 3.05) is 20.6 Å². The van der Waals surface area contributed by atoms with Crippen LogP contribution < -0.4 is 0 Å². The highest BCUT2D eigenvalue weighted by Crippen LogP contribution is 2.17. The molecule has 2 N–H and O–H groups in total. The van der Waals surface area contributed by atoms with Crippen molar-refractivity contribution >= 4 is 11.0 Å². The minimum Gasteiger partial charge on any atom is -0.508 e. The zero-order valence-electron chi connectivity index (χ0n) is 8.99. The summed E-state index contributed by atoms with van der Waals surface area (Å²) in [5.74, 6) is 1.23. The first kappa shape index (κ1) is 9.98. The molecule has 80 valence electrons. The lowest BCUT2D eigenvalue weighted by molar-refractivity contribution is 0.410. The van der Waals surface area contributed by atoms with Crippen LogP contribution in [0.5, 0.6) is 5.75 Å². The zero-order chi connectivity index (χ0) is 10.8. The molecule has 0 saturated carbocycles. The van der Waals surface area contributed by atoms with E-state index in [9.17, 15) is 5.11 Å². The topological polar surface area (TPSA) is 52.1 Å². The quantitative estimate of drug-likeness (QED) is 0.795. The predicted octanol–water partition coefficient (Wildman–Crippen LogP) is 1.37. The number of imidazole rings is 1. The third-order valence-electron chi connectivity index (χ3n) is 2.31. The van der Waals surface area contributed by atoms with Crippen LogP contribution in [-0.2, 0) is 6.42 Å². The SMILES string of the molecule is CN(C)CCc1nc2ccc(O)cc2[nH]1. The fraction of sp³-hybridized carbons (Fsp3) is 0.364. The van der Waals surface area contributed by atoms with Crippen molar-refractivity contribution in [1.29, 1.82) is 0 Å². The molecule has 0 aliphatic heterocycles. The fourth-order valence-electron chi connectivity index (χ4n) is 1.50. The average Bonchev–Trinajstić information content (AvgIpc) is 2.56. The summed E-state index contributed by atoms with van der Waals surface area (Å²) in [4.78, 5) is 9.74. The van der Waals surface area contributed by atoms with Crippen LogP contribution in [0, 0.1) is 0 Å². The van der Waals surface area contributed by atoms with E-state index in [2.05, 4.69) is 14.9 Å². The molecule has 0 unspecified atom stereocenters. The van der Waals surface area contributed by atoms with E-state index in [0.717, 1.165) is 29.8 Å². The highest BCUT2D eigenvalue weighted by Gasteiger charge is 2.03. The molecule has 0 bridgehead atoms. The molecule has 2 rings (SSSR count). The third-order valence-corrected chi connectivity index (χ3v) is 2.31. The molecule has 1 heterocycles. The second kappa shape index (κ2) is 3.90. The molecular weight excluding hydrogens is 190 g/mol. The van der Waals surface area contributed by atoms with Gasteiger partial charge in [0.15, 0.2) is 0 Å². The standard InChI is InChI=1S/C11H15N3O/c1-14(2)6-5-11-12-9-4-3-8(15)7-10(9)13-11/h3-4,7,15H,5-6H2,1-2H3,(H,12,13). The van der Waals surface area contributed by atoms with Gasteiger partial charge in [0.1, 0.15) is 11.6 Å². The Morgan fingerprint density at radius 3 is 2.93 bits per heavy atom. The Morgan fingerprint density at radius 2 is 2.20 bits per heavy atom. The number of aromatic nitrogens is 2. The summed E-state index contributed by atoms with van der Waals surface area (Å²) in [6, 6.07) is 5.17. The van der Waals surface area contributed by atoms with Crippen LogP contribution in [-0.4, -0.2) is 40.6 Å². The number of aromatic amines is 1. The summed E-state index contributed by atoms with van der Waals surface area (Å²) < 4.78 is 0. The zero-order valence-corrected chi connectivity index (χ0v) is 8.99. The Labute approximate surface area is 88.6 Å². The number of H-pyrrole nitrogens is 1. The number of hydrogen-bond acceptors (Lipinski definition) is 3. The van der Waals surface area contributed by atoms with Gasteiger partial charge in [-0.15, -0.1) is 0 Å². The van der Waals surface area contributed by atoms with Gasteiger partial charge in [-0.05, 0) is 26.2 Å². The van der Waals surface area contributed by atoms with Gasteiger partial charge < -0.3 is 15.0 Å². The molecule has 0 aliphatic carbocycles. The van der Waals surface area contributed by atoms with Gasteiger partial charge in [-0.3, -0.25) is 0 Å². The number of nitrogens with one attached hydrogen (secondary N) is 1. The number of hydrogen-bond donors (Lipinski definition) is 2. The minimum absolute atomic E-state index is 0.269. The Morgan fingerprint density at radius 1 is 1.40 bits per heavy atom. The molecule has 15 heavy (non-hydrogen) atoms. The van der Waals surface area contributed by atoms with Gasteiger partial charge in [0, 0.05) is 19.0 Å². The van der Waals surface area contributed by atoms with Gasteiger partial charge in [0.25, 0.3) is 0 Å². The molecule has 0 aliphatic rings. The molecule has 0 radical (unpaired) electrons. The summed E-state index contributed by atoms with van der Waals surface area (Å²) in [6.07, 6.45) is 0.891. The number of phenolic OH excluding ortho intramolecular Hbond substituents is 1. The lowest BCUT2D eigenvalue weighted by atomic mass is 10.3. The first-order valence-electron chi connectivity index (χ1n) is 4.97. The van der Waals surface area contributed by atoms with Crippen LogP contribution in [0.1, 0.15) is 5.82 Å². The van der Waals surface area contributed by atoms with Crippen LogP contribution in [0.15, 0.2) is 18.2 Å². The first-order chi connectivity index (χ1) is 7.15. The number of fused-ring (bicyclic) bond motifs is 1. The van der Waals surface area contributed by atoms with Crippen molar-refractivity contribution in [3.8, 4) is 5.75 Å². The highest BCUT2D eigenvalue weighted by atomic mass is 16.3. The largest absolute Gasteiger partial charge is 0.508 e. The van der Waals surface area contributed by atoms with Crippen LogP contribution in [0.4, 0.5) is 0 Å².